The van der Waals surface area contributed by atoms with Crippen molar-refractivity contribution in [3.05, 3.63) is 82.0 Å². The summed E-state index contributed by atoms with van der Waals surface area (Å²) in [5.41, 5.74) is 8.68. The van der Waals surface area contributed by atoms with Crippen molar-refractivity contribution in [2.75, 3.05) is 13.7 Å². The fourth-order valence-corrected chi connectivity index (χ4v) is 5.43. The Kier molecular flexibility index (Phi) is 7.65. The summed E-state index contributed by atoms with van der Waals surface area (Å²) in [4.78, 5) is 7.36. The number of hydrogen-bond donors (Lipinski definition) is 0. The average Bonchev–Trinajstić information content (AvgIpc) is 2.90. The van der Waals surface area contributed by atoms with Crippen molar-refractivity contribution in [2.24, 2.45) is 0 Å². The highest BCUT2D eigenvalue weighted by atomic mass is 16.5. The van der Waals surface area contributed by atoms with Gasteiger partial charge in [0.25, 0.3) is 0 Å². The van der Waals surface area contributed by atoms with Gasteiger partial charge in [-0.1, -0.05) is 63.2 Å². The molecule has 1 unspecified atom stereocenters. The molecule has 1 aromatic heterocycles. The molecule has 0 bridgehead atoms. The van der Waals surface area contributed by atoms with Crippen molar-refractivity contribution in [3.8, 4) is 23.1 Å². The van der Waals surface area contributed by atoms with Gasteiger partial charge in [0.15, 0.2) is 0 Å². The molecule has 0 saturated heterocycles. The highest BCUT2D eigenvalue weighted by Crippen LogP contribution is 2.38. The molecule has 2 aromatic carbocycles. The maximum atomic E-state index is 10.1. The van der Waals surface area contributed by atoms with Gasteiger partial charge in [-0.15, -0.1) is 0 Å². The Morgan fingerprint density at radius 1 is 1.06 bits per heavy atom. The summed E-state index contributed by atoms with van der Waals surface area (Å²) in [7, 11) is 1.70. The third kappa shape index (κ3) is 4.58. The second-order valence-corrected chi connectivity index (χ2v) is 8.98. The first kappa shape index (κ1) is 24.0. The zero-order valence-corrected chi connectivity index (χ0v) is 20.9. The molecular formula is C30H35N3O. The lowest BCUT2D eigenvalue weighted by Crippen LogP contribution is -2.31. The predicted octanol–water partition coefficient (Wildman–Crippen LogP) is 6.65. The van der Waals surface area contributed by atoms with Crippen LogP contribution in [-0.4, -0.2) is 23.5 Å². The maximum absolute atomic E-state index is 10.1. The van der Waals surface area contributed by atoms with E-state index in [-0.39, 0.29) is 0 Å². The molecule has 0 fully saturated rings. The Balaban J connectivity index is 1.77. The SMILES string of the molecule is CCc1cccc(CC)c1-c1cc(OC)c(CN(CC)C2CCCc3ccccc32)c(C#N)n1. The Hall–Kier alpha value is -3.16. The molecule has 4 rings (SSSR count). The van der Waals surface area contributed by atoms with Crippen molar-refractivity contribution in [2.45, 2.75) is 65.5 Å². The lowest BCUT2D eigenvalue weighted by Gasteiger charge is -2.35. The minimum Gasteiger partial charge on any atom is -0.496 e. The molecule has 0 amide bonds. The first-order valence-corrected chi connectivity index (χ1v) is 12.6. The van der Waals surface area contributed by atoms with Crippen LogP contribution in [0.4, 0.5) is 0 Å². The van der Waals surface area contributed by atoms with Gasteiger partial charge in [-0.3, -0.25) is 4.90 Å². The minimum absolute atomic E-state index is 0.346. The molecule has 1 heterocycles. The number of methoxy groups -OCH3 is 1. The van der Waals surface area contributed by atoms with Crippen LogP contribution in [0.5, 0.6) is 5.75 Å². The van der Waals surface area contributed by atoms with Gasteiger partial charge in [0.05, 0.1) is 12.8 Å². The van der Waals surface area contributed by atoms with E-state index in [0.29, 0.717) is 18.3 Å². The summed E-state index contributed by atoms with van der Waals surface area (Å²) >= 11 is 0. The zero-order valence-electron chi connectivity index (χ0n) is 20.9. The molecule has 1 aliphatic rings. The van der Waals surface area contributed by atoms with Crippen molar-refractivity contribution in [1.82, 2.24) is 9.88 Å². The molecule has 0 spiro atoms. The van der Waals surface area contributed by atoms with Crippen LogP contribution < -0.4 is 4.74 Å². The van der Waals surface area contributed by atoms with E-state index in [0.717, 1.165) is 54.8 Å². The monoisotopic (exact) mass is 453 g/mol. The molecule has 1 atom stereocenters. The first-order valence-electron chi connectivity index (χ1n) is 12.6. The molecular weight excluding hydrogens is 418 g/mol. The van der Waals surface area contributed by atoms with Crippen LogP contribution >= 0.6 is 0 Å². The number of nitrogens with zero attached hydrogens (tertiary/aromatic N) is 3. The number of hydrogen-bond acceptors (Lipinski definition) is 4. The van der Waals surface area contributed by atoms with Crippen LogP contribution in [0.15, 0.2) is 48.5 Å². The van der Waals surface area contributed by atoms with Gasteiger partial charge in [0, 0.05) is 29.8 Å². The van der Waals surface area contributed by atoms with Crippen LogP contribution in [0.1, 0.15) is 73.2 Å². The molecule has 3 aromatic rings. The Bertz CT molecular complexity index is 1170. The lowest BCUT2D eigenvalue weighted by molar-refractivity contribution is 0.177. The number of nitriles is 1. The number of ether oxygens (including phenoxy) is 1. The zero-order chi connectivity index (χ0) is 24.1. The number of fused-ring (bicyclic) bond motifs is 1. The second-order valence-electron chi connectivity index (χ2n) is 8.98. The van der Waals surface area contributed by atoms with Gasteiger partial charge in [0.2, 0.25) is 0 Å². The van der Waals surface area contributed by atoms with E-state index in [9.17, 15) is 5.26 Å². The molecule has 176 valence electrons. The van der Waals surface area contributed by atoms with E-state index >= 15 is 0 Å². The van der Waals surface area contributed by atoms with Crippen molar-refractivity contribution in [3.63, 3.8) is 0 Å². The van der Waals surface area contributed by atoms with E-state index in [2.05, 4.69) is 74.2 Å². The van der Waals surface area contributed by atoms with E-state index in [1.807, 2.05) is 6.07 Å². The fourth-order valence-electron chi connectivity index (χ4n) is 5.43. The van der Waals surface area contributed by atoms with Crippen molar-refractivity contribution in [1.29, 1.82) is 5.26 Å². The topological polar surface area (TPSA) is 49.1 Å². The first-order chi connectivity index (χ1) is 16.6. The van der Waals surface area contributed by atoms with Crippen LogP contribution in [0.3, 0.4) is 0 Å². The third-order valence-corrected chi connectivity index (χ3v) is 7.21. The minimum atomic E-state index is 0.346. The Morgan fingerprint density at radius 2 is 1.79 bits per heavy atom. The molecule has 0 saturated carbocycles. The predicted molar refractivity (Wildman–Crippen MR) is 138 cm³/mol. The summed E-state index contributed by atoms with van der Waals surface area (Å²) in [5, 5.41) is 10.1. The highest BCUT2D eigenvalue weighted by Gasteiger charge is 2.27. The summed E-state index contributed by atoms with van der Waals surface area (Å²) in [6.07, 6.45) is 5.29. The largest absolute Gasteiger partial charge is 0.496 e. The summed E-state index contributed by atoms with van der Waals surface area (Å²) in [6, 6.07) is 20.0. The van der Waals surface area contributed by atoms with Gasteiger partial charge in [-0.25, -0.2) is 4.98 Å². The molecule has 0 radical (unpaired) electrons. The normalized spacial score (nSPS) is 15.1. The summed E-state index contributed by atoms with van der Waals surface area (Å²) in [5.74, 6) is 0.747. The summed E-state index contributed by atoms with van der Waals surface area (Å²) < 4.78 is 5.88. The molecule has 4 nitrogen and oxygen atoms in total. The number of aromatic nitrogens is 1. The fraction of sp³-hybridized carbons (Fsp3) is 0.400. The molecule has 0 aliphatic heterocycles. The van der Waals surface area contributed by atoms with Gasteiger partial charge in [-0.05, 0) is 60.9 Å². The molecule has 34 heavy (non-hydrogen) atoms. The highest BCUT2D eigenvalue weighted by molar-refractivity contribution is 5.70. The lowest BCUT2D eigenvalue weighted by atomic mass is 9.86. The quantitative estimate of drug-likeness (QED) is 0.383. The number of rotatable bonds is 8. The van der Waals surface area contributed by atoms with E-state index in [4.69, 9.17) is 9.72 Å². The Labute approximate surface area is 204 Å². The van der Waals surface area contributed by atoms with Gasteiger partial charge in [0.1, 0.15) is 17.5 Å². The van der Waals surface area contributed by atoms with E-state index in [1.54, 1.807) is 7.11 Å². The molecule has 0 N–H and O–H groups in total. The summed E-state index contributed by atoms with van der Waals surface area (Å²) in [6.45, 7) is 8.06. The van der Waals surface area contributed by atoms with Crippen LogP contribution in [0.25, 0.3) is 11.3 Å². The molecule has 4 heteroatoms. The smallest absolute Gasteiger partial charge is 0.149 e. The van der Waals surface area contributed by atoms with Gasteiger partial charge in [-0.2, -0.15) is 5.26 Å². The van der Waals surface area contributed by atoms with Crippen LogP contribution in [-0.2, 0) is 25.8 Å². The maximum Gasteiger partial charge on any atom is 0.149 e. The van der Waals surface area contributed by atoms with Crippen LogP contribution in [0.2, 0.25) is 0 Å². The van der Waals surface area contributed by atoms with Gasteiger partial charge >= 0.3 is 0 Å². The number of benzene rings is 2. The molecule has 1 aliphatic carbocycles. The van der Waals surface area contributed by atoms with Crippen molar-refractivity contribution < 1.29 is 4.74 Å². The van der Waals surface area contributed by atoms with E-state index in [1.165, 1.54) is 28.7 Å². The standard InChI is InChI=1S/C30H35N3O/c1-5-21-13-10-14-22(6-2)30(21)26-18-29(34-4)25(27(19-31)32-26)20-33(7-3)28-17-11-15-23-12-8-9-16-24(23)28/h8-10,12-14,16,18,28H,5-7,11,15,17,20H2,1-4H3. The van der Waals surface area contributed by atoms with E-state index < -0.39 is 0 Å². The number of aryl methyl sites for hydroxylation is 3. The van der Waals surface area contributed by atoms with Crippen molar-refractivity contribution >= 4 is 0 Å². The van der Waals surface area contributed by atoms with Crippen LogP contribution in [0, 0.1) is 11.3 Å². The average molecular weight is 454 g/mol. The Morgan fingerprint density at radius 3 is 2.44 bits per heavy atom. The third-order valence-electron chi connectivity index (χ3n) is 7.21. The second kappa shape index (κ2) is 10.8. The number of pyridine rings is 1. The van der Waals surface area contributed by atoms with Gasteiger partial charge < -0.3 is 4.74 Å².